The Kier molecular flexibility index (Phi) is 17.4. The molecule has 5 aromatic rings. The van der Waals surface area contributed by atoms with Crippen LogP contribution in [0.15, 0.2) is 90.4 Å². The van der Waals surface area contributed by atoms with Gasteiger partial charge in [-0.1, -0.05) is 57.0 Å². The van der Waals surface area contributed by atoms with Crippen molar-refractivity contribution in [2.45, 2.75) is 129 Å². The number of halogens is 3. The molecule has 2 unspecified atom stereocenters. The Labute approximate surface area is 467 Å². The molecule has 4 aromatic carbocycles. The summed E-state index contributed by atoms with van der Waals surface area (Å²) in [7, 11) is 0. The monoisotopic (exact) mass is 1120 g/mol. The van der Waals surface area contributed by atoms with Gasteiger partial charge in [0.1, 0.15) is 36.0 Å². The summed E-state index contributed by atoms with van der Waals surface area (Å²) >= 11 is 7.21. The Balaban J connectivity index is 0.779. The fraction of sp³-hybridized carbons (Fsp3) is 0.450. The molecular weight excluding hydrogens is 1060 g/mol. The molecule has 6 atom stereocenters. The summed E-state index contributed by atoms with van der Waals surface area (Å²) in [5.74, 6) is -1.42. The van der Waals surface area contributed by atoms with E-state index in [1.807, 2.05) is 57.2 Å². The summed E-state index contributed by atoms with van der Waals surface area (Å²) in [6, 6.07) is 24.1. The van der Waals surface area contributed by atoms with E-state index in [2.05, 4.69) is 4.98 Å². The molecule has 9 rings (SSSR count). The second kappa shape index (κ2) is 24.0. The minimum absolute atomic E-state index is 0.0103. The van der Waals surface area contributed by atoms with E-state index in [9.17, 15) is 42.7 Å². The number of aliphatic hydroxyl groups is 1. The van der Waals surface area contributed by atoms with Crippen LogP contribution in [0.5, 0.6) is 11.5 Å². The van der Waals surface area contributed by atoms with Crippen LogP contribution in [0.1, 0.15) is 111 Å². The number of aryl methyl sites for hydroxylation is 2. The third kappa shape index (κ3) is 12.1. The fourth-order valence-corrected chi connectivity index (χ4v) is 12.9. The standard InChI is InChI=1S/C60H64F3N5O9S2/c1-35(2)53(66-33-40-10-6-7-11-45(40)56(66)72)54(71)47-31-43(69)30-46(47)49(70)23-17-37-14-15-38(55-36(3)65-34-79-55)28-52(37)77-27-26-76-51-13-9-8-12-50(51)75-25-24-74-44-21-19-41(20-22-44)68-58(78)67(57(73)59(68,4)5)42-18-16-39(32-64)48(29-42)60(61,62)63/h6-7,10-11,14-16,18-22,28-29,34-35,43,46-47,50-51,53,69H,8-9,12-13,17,23-27,30-31,33H2,1-5H3/t43-,46-,47?,50+,51?,53+/m1/s1. The topological polar surface area (TPSA) is 172 Å². The predicted octanol–water partition coefficient (Wildman–Crippen LogP) is 10.9. The lowest BCUT2D eigenvalue weighted by Crippen LogP contribution is -2.48. The highest BCUT2D eigenvalue weighted by Crippen LogP contribution is 2.42. The zero-order valence-electron chi connectivity index (χ0n) is 44.8. The molecule has 2 aliphatic carbocycles. The molecule has 19 heteroatoms. The first-order valence-electron chi connectivity index (χ1n) is 26.8. The number of ketones is 2. The minimum atomic E-state index is -4.81. The largest absolute Gasteiger partial charge is 0.491 e. The van der Waals surface area contributed by atoms with E-state index in [0.29, 0.717) is 35.7 Å². The summed E-state index contributed by atoms with van der Waals surface area (Å²) in [5.41, 5.74) is 3.39. The second-order valence-corrected chi connectivity index (χ2v) is 22.7. The number of aliphatic hydroxyl groups excluding tert-OH is 1. The molecule has 0 bridgehead atoms. The molecule has 3 fully saturated rings. The average molecular weight is 1120 g/mol. The molecule has 3 heterocycles. The number of amides is 2. The molecule has 1 saturated heterocycles. The van der Waals surface area contributed by atoms with Gasteiger partial charge in [0.2, 0.25) is 0 Å². The van der Waals surface area contributed by atoms with Crippen LogP contribution in [-0.2, 0) is 43.0 Å². The number of thiocarbonyl (C=S) groups is 1. The van der Waals surface area contributed by atoms with Gasteiger partial charge in [0, 0.05) is 36.1 Å². The lowest BCUT2D eigenvalue weighted by atomic mass is 9.81. The van der Waals surface area contributed by atoms with Crippen LogP contribution in [0.3, 0.4) is 0 Å². The van der Waals surface area contributed by atoms with Crippen molar-refractivity contribution in [1.29, 1.82) is 5.26 Å². The first-order valence-corrected chi connectivity index (χ1v) is 28.1. The number of carbonyl (C=O) groups is 4. The number of alkyl halides is 3. The molecule has 4 aliphatic rings. The van der Waals surface area contributed by atoms with E-state index in [-0.39, 0.29) is 92.1 Å². The predicted molar refractivity (Wildman–Crippen MR) is 296 cm³/mol. The number of nitriles is 1. The van der Waals surface area contributed by atoms with E-state index < -0.39 is 52.7 Å². The zero-order valence-corrected chi connectivity index (χ0v) is 46.4. The van der Waals surface area contributed by atoms with Gasteiger partial charge in [0.25, 0.3) is 11.8 Å². The Bertz CT molecular complexity index is 3140. The molecule has 416 valence electrons. The smallest absolute Gasteiger partial charge is 0.417 e. The molecule has 79 heavy (non-hydrogen) atoms. The maximum atomic E-state index is 14.4. The van der Waals surface area contributed by atoms with Crippen LogP contribution >= 0.6 is 23.6 Å². The number of nitrogens with zero attached hydrogens (tertiary/aromatic N) is 5. The van der Waals surface area contributed by atoms with Gasteiger partial charge in [-0.05, 0) is 142 Å². The van der Waals surface area contributed by atoms with Crippen molar-refractivity contribution < 1.29 is 56.4 Å². The number of rotatable bonds is 21. The van der Waals surface area contributed by atoms with Gasteiger partial charge in [-0.2, -0.15) is 18.4 Å². The van der Waals surface area contributed by atoms with Crippen molar-refractivity contribution in [2.75, 3.05) is 36.2 Å². The lowest BCUT2D eigenvalue weighted by molar-refractivity contribution is -0.137. The lowest BCUT2D eigenvalue weighted by Gasteiger charge is -2.33. The van der Waals surface area contributed by atoms with Gasteiger partial charge < -0.3 is 33.9 Å². The van der Waals surface area contributed by atoms with Crippen LogP contribution in [0, 0.1) is 36.0 Å². The van der Waals surface area contributed by atoms with Crippen molar-refractivity contribution in [3.8, 4) is 28.0 Å². The van der Waals surface area contributed by atoms with Crippen LogP contribution in [0.4, 0.5) is 24.5 Å². The maximum absolute atomic E-state index is 14.4. The minimum Gasteiger partial charge on any atom is -0.491 e. The van der Waals surface area contributed by atoms with Gasteiger partial charge >= 0.3 is 6.18 Å². The number of Topliss-reactive ketones (excluding diaryl/α,β-unsaturated/α-hetero) is 2. The number of carbonyl (C=O) groups excluding carboxylic acids is 4. The summed E-state index contributed by atoms with van der Waals surface area (Å²) in [6.07, 6.45) is -1.51. The number of hydrogen-bond donors (Lipinski definition) is 1. The zero-order chi connectivity index (χ0) is 56.3. The van der Waals surface area contributed by atoms with E-state index in [1.165, 1.54) is 17.4 Å². The van der Waals surface area contributed by atoms with Crippen molar-refractivity contribution in [1.82, 2.24) is 9.88 Å². The second-order valence-electron chi connectivity index (χ2n) is 21.5. The first-order chi connectivity index (χ1) is 37.8. The van der Waals surface area contributed by atoms with Gasteiger partial charge in [-0.3, -0.25) is 24.1 Å². The van der Waals surface area contributed by atoms with Gasteiger partial charge in [0.05, 0.1) is 76.5 Å². The van der Waals surface area contributed by atoms with E-state index >= 15 is 0 Å². The van der Waals surface area contributed by atoms with Crippen molar-refractivity contribution >= 4 is 63.4 Å². The highest BCUT2D eigenvalue weighted by Gasteiger charge is 2.51. The molecule has 2 saturated carbocycles. The highest BCUT2D eigenvalue weighted by molar-refractivity contribution is 7.81. The summed E-state index contributed by atoms with van der Waals surface area (Å²) in [4.78, 5) is 65.6. The van der Waals surface area contributed by atoms with Crippen molar-refractivity contribution in [3.05, 3.63) is 124 Å². The van der Waals surface area contributed by atoms with Crippen LogP contribution in [0.25, 0.3) is 10.4 Å². The van der Waals surface area contributed by atoms with Crippen molar-refractivity contribution in [2.24, 2.45) is 17.8 Å². The fourth-order valence-electron chi connectivity index (χ4n) is 11.6. The van der Waals surface area contributed by atoms with E-state index in [4.69, 9.17) is 31.2 Å². The number of thiazole rings is 1. The Morgan fingerprint density at radius 2 is 1.57 bits per heavy atom. The normalized spacial score (nSPS) is 21.4. The quantitative estimate of drug-likeness (QED) is 0.0544. The van der Waals surface area contributed by atoms with Gasteiger partial charge in [-0.25, -0.2) is 4.98 Å². The van der Waals surface area contributed by atoms with Crippen molar-refractivity contribution in [3.63, 3.8) is 0 Å². The maximum Gasteiger partial charge on any atom is 0.417 e. The van der Waals surface area contributed by atoms with E-state index in [0.717, 1.165) is 70.0 Å². The SMILES string of the molecule is Cc1ncsc1-c1ccc(CCC(=O)[C@@H]2C[C@@H](O)CC2C(=O)[C@H](C(C)C)N2Cc3ccccc3C2=O)c(OCCOC2CCCC[C@@H]2OCCOc2ccc(N3C(=S)N(c4ccc(C#N)c(C(F)(F)F)c4)C(=O)C3(C)C)cc2)c1. The van der Waals surface area contributed by atoms with Crippen LogP contribution < -0.4 is 19.3 Å². The third-order valence-corrected chi connectivity index (χ3v) is 16.9. The number of fused-ring (bicyclic) bond motifs is 1. The number of ether oxygens (including phenoxy) is 4. The molecule has 1 aromatic heterocycles. The molecule has 1 N–H and O–H groups in total. The highest BCUT2D eigenvalue weighted by atomic mass is 32.1. The number of aromatic nitrogens is 1. The summed E-state index contributed by atoms with van der Waals surface area (Å²) < 4.78 is 66.8. The molecular formula is C60H64F3N5O9S2. The Morgan fingerprint density at radius 1 is 0.899 bits per heavy atom. The Hall–Kier alpha value is -6.56. The molecule has 0 spiro atoms. The molecule has 2 aliphatic heterocycles. The van der Waals surface area contributed by atoms with Gasteiger partial charge in [0.15, 0.2) is 10.9 Å². The number of benzene rings is 4. The number of hydrogen-bond acceptors (Lipinski definition) is 13. The van der Waals surface area contributed by atoms with E-state index in [1.54, 1.807) is 65.6 Å². The van der Waals surface area contributed by atoms with Gasteiger partial charge in [-0.15, -0.1) is 11.3 Å². The van der Waals surface area contributed by atoms with Crippen LogP contribution in [-0.4, -0.2) is 99.8 Å². The van der Waals surface area contributed by atoms with Crippen LogP contribution in [0.2, 0.25) is 0 Å². The third-order valence-electron chi connectivity index (χ3n) is 15.6. The number of anilines is 2. The first kappa shape index (κ1) is 57.1. The molecule has 0 radical (unpaired) electrons. The summed E-state index contributed by atoms with van der Waals surface area (Å²) in [6.45, 7) is 10.4. The Morgan fingerprint density at radius 3 is 2.22 bits per heavy atom. The average Bonchev–Trinajstić information content (AvgIpc) is 4.32. The molecule has 2 amide bonds. The molecule has 14 nitrogen and oxygen atoms in total. The summed E-state index contributed by atoms with van der Waals surface area (Å²) in [5, 5.41) is 20.2.